The molecule has 1 aromatic carbocycles. The summed E-state index contributed by atoms with van der Waals surface area (Å²) < 4.78 is 13.0. The number of nitrogens with zero attached hydrogens (tertiary/aromatic N) is 2. The van der Waals surface area contributed by atoms with E-state index in [-0.39, 0.29) is 5.91 Å². The molecule has 0 aliphatic carbocycles. The maximum Gasteiger partial charge on any atom is 0.248 e. The van der Waals surface area contributed by atoms with Crippen LogP contribution >= 0.6 is 0 Å². The first kappa shape index (κ1) is 17.5. The maximum atomic E-state index is 12.2. The van der Waals surface area contributed by atoms with Crippen molar-refractivity contribution >= 4 is 23.3 Å². The lowest BCUT2D eigenvalue weighted by Gasteiger charge is -2.12. The van der Waals surface area contributed by atoms with E-state index in [0.29, 0.717) is 30.4 Å². The van der Waals surface area contributed by atoms with Gasteiger partial charge in [-0.15, -0.1) is 0 Å². The highest BCUT2D eigenvalue weighted by Crippen LogP contribution is 2.30. The van der Waals surface area contributed by atoms with Crippen molar-refractivity contribution < 1.29 is 14.3 Å². The number of pyridine rings is 1. The van der Waals surface area contributed by atoms with Gasteiger partial charge in [0, 0.05) is 24.0 Å². The predicted octanol–water partition coefficient (Wildman–Crippen LogP) is 3.78. The quantitative estimate of drug-likeness (QED) is 0.658. The monoisotopic (exact) mass is 351 g/mol. The van der Waals surface area contributed by atoms with Gasteiger partial charge in [0.2, 0.25) is 5.91 Å². The van der Waals surface area contributed by atoms with Gasteiger partial charge >= 0.3 is 0 Å². The molecule has 0 saturated carbocycles. The molecular weight excluding hydrogens is 330 g/mol. The van der Waals surface area contributed by atoms with Crippen molar-refractivity contribution in [2.45, 2.75) is 13.8 Å². The van der Waals surface area contributed by atoms with Crippen LogP contribution in [-0.2, 0) is 4.79 Å². The van der Waals surface area contributed by atoms with Gasteiger partial charge in [-0.05, 0) is 44.2 Å². The molecule has 0 spiro atoms. The lowest BCUT2D eigenvalue weighted by molar-refractivity contribution is -0.111. The molecule has 0 aliphatic heterocycles. The Labute approximate surface area is 152 Å². The number of carbonyl (C=O) groups is 1. The van der Waals surface area contributed by atoms with Gasteiger partial charge in [0.25, 0.3) is 0 Å². The summed E-state index contributed by atoms with van der Waals surface area (Å²) in [5.74, 6) is 1.04. The summed E-state index contributed by atoms with van der Waals surface area (Å²) in [4.78, 5) is 16.5. The molecule has 2 aromatic heterocycles. The van der Waals surface area contributed by atoms with E-state index in [1.807, 2.05) is 42.6 Å². The summed E-state index contributed by atoms with van der Waals surface area (Å²) in [5.41, 5.74) is 2.31. The topological polar surface area (TPSA) is 64.9 Å². The lowest BCUT2D eigenvalue weighted by atomic mass is 10.2. The molecule has 26 heavy (non-hydrogen) atoms. The molecule has 0 saturated heterocycles. The smallest absolute Gasteiger partial charge is 0.248 e. The number of rotatable bonds is 7. The van der Waals surface area contributed by atoms with Crippen LogP contribution in [0.2, 0.25) is 0 Å². The van der Waals surface area contributed by atoms with Crippen LogP contribution in [0.4, 0.5) is 5.69 Å². The Kier molecular flexibility index (Phi) is 5.53. The Hall–Kier alpha value is -3.28. The van der Waals surface area contributed by atoms with Gasteiger partial charge in [0.05, 0.1) is 25.1 Å². The van der Waals surface area contributed by atoms with Crippen LogP contribution in [0.3, 0.4) is 0 Å². The molecule has 134 valence electrons. The molecule has 0 atom stereocenters. The van der Waals surface area contributed by atoms with Crippen LogP contribution < -0.4 is 14.8 Å². The number of nitrogens with one attached hydrogen (secondary N) is 1. The van der Waals surface area contributed by atoms with Gasteiger partial charge in [-0.1, -0.05) is 6.07 Å². The zero-order valence-corrected chi connectivity index (χ0v) is 14.8. The fraction of sp³-hybridized carbons (Fsp3) is 0.200. The van der Waals surface area contributed by atoms with Crippen molar-refractivity contribution in [3.63, 3.8) is 0 Å². The highest BCUT2D eigenvalue weighted by atomic mass is 16.5. The van der Waals surface area contributed by atoms with Crippen LogP contribution in [0.5, 0.6) is 11.5 Å². The average molecular weight is 351 g/mol. The Balaban J connectivity index is 1.72. The van der Waals surface area contributed by atoms with Gasteiger partial charge < -0.3 is 19.2 Å². The Bertz CT molecular complexity index is 931. The summed E-state index contributed by atoms with van der Waals surface area (Å²) >= 11 is 0. The minimum atomic E-state index is -0.234. The van der Waals surface area contributed by atoms with Crippen molar-refractivity contribution in [1.29, 1.82) is 0 Å². The van der Waals surface area contributed by atoms with Gasteiger partial charge in [0.15, 0.2) is 11.5 Å². The molecular formula is C20H21N3O3. The van der Waals surface area contributed by atoms with E-state index in [1.54, 1.807) is 30.5 Å². The first-order chi connectivity index (χ1) is 12.7. The van der Waals surface area contributed by atoms with E-state index in [2.05, 4.69) is 10.3 Å². The molecule has 0 aliphatic rings. The maximum absolute atomic E-state index is 12.2. The van der Waals surface area contributed by atoms with Crippen LogP contribution in [0.15, 0.2) is 54.9 Å². The largest absolute Gasteiger partial charge is 0.490 e. The van der Waals surface area contributed by atoms with E-state index >= 15 is 0 Å². The molecule has 1 N–H and O–H groups in total. The molecule has 3 rings (SSSR count). The molecule has 3 aromatic rings. The number of hydrogen-bond donors (Lipinski definition) is 1. The second-order valence-electron chi connectivity index (χ2n) is 5.46. The lowest BCUT2D eigenvalue weighted by Crippen LogP contribution is -2.08. The fourth-order valence-electron chi connectivity index (χ4n) is 2.55. The fourth-order valence-corrected chi connectivity index (χ4v) is 2.55. The molecule has 2 heterocycles. The number of aromatic nitrogens is 2. The second-order valence-corrected chi connectivity index (χ2v) is 5.46. The minimum Gasteiger partial charge on any atom is -0.490 e. The normalized spacial score (nSPS) is 11.0. The summed E-state index contributed by atoms with van der Waals surface area (Å²) in [6.07, 6.45) is 6.84. The Morgan fingerprint density at radius 2 is 1.96 bits per heavy atom. The van der Waals surface area contributed by atoms with Crippen molar-refractivity contribution in [3.8, 4) is 11.5 Å². The third kappa shape index (κ3) is 4.03. The highest BCUT2D eigenvalue weighted by Gasteiger charge is 2.07. The van der Waals surface area contributed by atoms with E-state index in [1.165, 1.54) is 6.08 Å². The van der Waals surface area contributed by atoms with Gasteiger partial charge in [0.1, 0.15) is 5.65 Å². The van der Waals surface area contributed by atoms with Crippen LogP contribution in [-0.4, -0.2) is 28.5 Å². The van der Waals surface area contributed by atoms with Gasteiger partial charge in [-0.2, -0.15) is 0 Å². The van der Waals surface area contributed by atoms with E-state index in [0.717, 1.165) is 11.3 Å². The van der Waals surface area contributed by atoms with E-state index < -0.39 is 0 Å². The first-order valence-electron chi connectivity index (χ1n) is 8.52. The van der Waals surface area contributed by atoms with Gasteiger partial charge in [-0.3, -0.25) is 4.79 Å². The zero-order chi connectivity index (χ0) is 18.4. The van der Waals surface area contributed by atoms with Crippen molar-refractivity contribution in [2.24, 2.45) is 0 Å². The van der Waals surface area contributed by atoms with Crippen LogP contribution in [0.1, 0.15) is 19.5 Å². The number of amides is 1. The van der Waals surface area contributed by atoms with E-state index in [4.69, 9.17) is 9.47 Å². The second kappa shape index (κ2) is 8.20. The third-order valence-electron chi connectivity index (χ3n) is 3.66. The molecule has 6 heteroatoms. The summed E-state index contributed by atoms with van der Waals surface area (Å²) in [5, 5.41) is 2.83. The molecule has 0 unspecified atom stereocenters. The molecule has 0 fully saturated rings. The van der Waals surface area contributed by atoms with Crippen LogP contribution in [0.25, 0.3) is 11.7 Å². The Morgan fingerprint density at radius 1 is 1.15 bits per heavy atom. The molecule has 0 radical (unpaired) electrons. The number of hydrogen-bond acceptors (Lipinski definition) is 4. The number of benzene rings is 1. The number of imidazole rings is 1. The van der Waals surface area contributed by atoms with Crippen molar-refractivity contribution in [1.82, 2.24) is 9.38 Å². The molecule has 1 amide bonds. The first-order valence-corrected chi connectivity index (χ1v) is 8.52. The third-order valence-corrected chi connectivity index (χ3v) is 3.66. The number of carbonyl (C=O) groups excluding carboxylic acids is 1. The number of ether oxygens (including phenoxy) is 2. The SMILES string of the molecule is CCOc1ccc(NC(=O)/C=C/c2cnc3ccccn23)cc1OCC. The summed E-state index contributed by atoms with van der Waals surface area (Å²) in [6.45, 7) is 4.88. The highest BCUT2D eigenvalue weighted by molar-refractivity contribution is 6.02. The minimum absolute atomic E-state index is 0.234. The van der Waals surface area contributed by atoms with Crippen molar-refractivity contribution in [3.05, 3.63) is 60.6 Å². The predicted molar refractivity (Wildman–Crippen MR) is 102 cm³/mol. The number of fused-ring (bicyclic) bond motifs is 1. The molecule has 0 bridgehead atoms. The van der Waals surface area contributed by atoms with Gasteiger partial charge in [-0.25, -0.2) is 4.98 Å². The van der Waals surface area contributed by atoms with E-state index in [9.17, 15) is 4.79 Å². The average Bonchev–Trinajstić information content (AvgIpc) is 3.06. The Morgan fingerprint density at radius 3 is 2.77 bits per heavy atom. The summed E-state index contributed by atoms with van der Waals surface area (Å²) in [6, 6.07) is 11.1. The number of anilines is 1. The molecule has 6 nitrogen and oxygen atoms in total. The zero-order valence-electron chi connectivity index (χ0n) is 14.8. The summed E-state index contributed by atoms with van der Waals surface area (Å²) in [7, 11) is 0. The van der Waals surface area contributed by atoms with Crippen molar-refractivity contribution in [2.75, 3.05) is 18.5 Å². The standard InChI is InChI=1S/C20H21N3O3/c1-3-25-17-10-8-15(13-18(17)26-4-2)22-20(24)11-9-16-14-21-19-7-5-6-12-23(16)19/h5-14H,3-4H2,1-2H3,(H,22,24)/b11-9+. The van der Waals surface area contributed by atoms with Crippen LogP contribution in [0, 0.1) is 0 Å².